The summed E-state index contributed by atoms with van der Waals surface area (Å²) >= 11 is 0. The van der Waals surface area contributed by atoms with E-state index in [4.69, 9.17) is 10.5 Å². The maximum absolute atomic E-state index is 13.1. The van der Waals surface area contributed by atoms with Gasteiger partial charge in [-0.2, -0.15) is 0 Å². The van der Waals surface area contributed by atoms with Gasteiger partial charge >= 0.3 is 6.09 Å². The number of nitrogen functional groups attached to an aromatic ring is 1. The number of nitrogens with zero attached hydrogens (tertiary/aromatic N) is 1. The molecule has 118 valence electrons. The van der Waals surface area contributed by atoms with Crippen LogP contribution in [0.4, 0.5) is 15.0 Å². The Morgan fingerprint density at radius 1 is 1.52 bits per heavy atom. The van der Waals surface area contributed by atoms with Crippen molar-refractivity contribution in [2.24, 2.45) is 0 Å². The molecule has 1 amide bonds. The number of hydrogen-bond donors (Lipinski definition) is 4. The molecule has 5 N–H and O–H groups in total. The lowest BCUT2D eigenvalue weighted by molar-refractivity contribution is 0.0130. The van der Waals surface area contributed by atoms with Crippen molar-refractivity contribution in [3.05, 3.63) is 23.6 Å². The predicted molar refractivity (Wildman–Crippen MR) is 73.8 cm³/mol. The van der Waals surface area contributed by atoms with E-state index in [0.717, 1.165) is 12.3 Å². The number of carbonyl (C=O) groups is 1. The number of aromatic nitrogens is 1. The molecule has 0 bridgehead atoms. The van der Waals surface area contributed by atoms with E-state index in [-0.39, 0.29) is 17.9 Å². The van der Waals surface area contributed by atoms with Crippen molar-refractivity contribution >= 4 is 11.9 Å². The maximum Gasteiger partial charge on any atom is 0.407 e. The van der Waals surface area contributed by atoms with Gasteiger partial charge in [0.25, 0.3) is 0 Å². The Labute approximate surface area is 121 Å². The average Bonchev–Trinajstić information content (AvgIpc) is 2.36. The molecular weight excluding hydrogens is 281 g/mol. The molecule has 2 atom stereocenters. The number of rotatable bonds is 4. The highest BCUT2D eigenvalue weighted by atomic mass is 19.1. The van der Waals surface area contributed by atoms with Gasteiger partial charge in [0.05, 0.1) is 6.20 Å². The number of amides is 1. The van der Waals surface area contributed by atoms with Crippen molar-refractivity contribution in [3.63, 3.8) is 0 Å². The van der Waals surface area contributed by atoms with Crippen LogP contribution in [0.1, 0.15) is 32.4 Å². The van der Waals surface area contributed by atoms with Gasteiger partial charge in [0.15, 0.2) is 0 Å². The second kappa shape index (κ2) is 6.68. The van der Waals surface area contributed by atoms with Gasteiger partial charge in [0.2, 0.25) is 0 Å². The Kier molecular flexibility index (Phi) is 5.45. The molecule has 1 aromatic rings. The number of pyridine rings is 1. The van der Waals surface area contributed by atoms with Crippen molar-refractivity contribution in [1.82, 2.24) is 10.3 Å². The monoisotopic (exact) mass is 301 g/mol. The third kappa shape index (κ3) is 5.52. The van der Waals surface area contributed by atoms with Crippen molar-refractivity contribution in [2.75, 3.05) is 12.3 Å². The number of alkyl carbamates (subject to hydrolysis) is 1. The largest absolute Gasteiger partial charge is 0.444 e. The van der Waals surface area contributed by atoms with Crippen molar-refractivity contribution < 1.29 is 24.1 Å². The lowest BCUT2D eigenvalue weighted by Crippen LogP contribution is -2.39. The zero-order valence-corrected chi connectivity index (χ0v) is 12.1. The number of anilines is 1. The number of aliphatic hydroxyl groups is 2. The van der Waals surface area contributed by atoms with Crippen LogP contribution in [0.5, 0.6) is 0 Å². The fraction of sp³-hybridized carbons (Fsp3) is 0.538. The van der Waals surface area contributed by atoms with Crippen LogP contribution >= 0.6 is 0 Å². The Bertz CT molecular complexity index is 505. The van der Waals surface area contributed by atoms with Crippen LogP contribution in [-0.4, -0.2) is 39.5 Å². The smallest absolute Gasteiger partial charge is 0.407 e. The molecule has 8 heteroatoms. The normalized spacial score (nSPS) is 14.4. The van der Waals surface area contributed by atoms with Crippen molar-refractivity contribution in [2.45, 2.75) is 38.6 Å². The molecule has 0 spiro atoms. The first-order valence-corrected chi connectivity index (χ1v) is 6.34. The highest BCUT2D eigenvalue weighted by Gasteiger charge is 2.23. The minimum absolute atomic E-state index is 0.0477. The standard InChI is InChI=1S/C13H20FN3O4/c1-13(2,3)21-12(20)17-6-9(18)10(19)8-4-7(14)5-16-11(8)15/h4-5,9-10,18-19H,6H2,1-3H3,(H2,15,16)(H,17,20). The van der Waals surface area contributed by atoms with Crippen LogP contribution in [0.25, 0.3) is 0 Å². The molecule has 7 nitrogen and oxygen atoms in total. The van der Waals surface area contributed by atoms with E-state index in [0.29, 0.717) is 0 Å². The lowest BCUT2D eigenvalue weighted by Gasteiger charge is -2.22. The number of hydrogen-bond acceptors (Lipinski definition) is 6. The molecule has 0 radical (unpaired) electrons. The summed E-state index contributed by atoms with van der Waals surface area (Å²) < 4.78 is 18.0. The second-order valence-corrected chi connectivity index (χ2v) is 5.52. The topological polar surface area (TPSA) is 118 Å². The minimum atomic E-state index is -1.48. The van der Waals surface area contributed by atoms with Crippen LogP contribution in [-0.2, 0) is 4.74 Å². The third-order valence-corrected chi connectivity index (χ3v) is 2.45. The Morgan fingerprint density at radius 2 is 2.14 bits per heavy atom. The summed E-state index contributed by atoms with van der Waals surface area (Å²) in [4.78, 5) is 15.0. The summed E-state index contributed by atoms with van der Waals surface area (Å²) in [6, 6.07) is 0.976. The van der Waals surface area contributed by atoms with Crippen LogP contribution in [0.3, 0.4) is 0 Å². The summed E-state index contributed by atoms with van der Waals surface area (Å²) in [5.41, 5.74) is 4.78. The zero-order chi connectivity index (χ0) is 16.2. The van der Waals surface area contributed by atoms with Gasteiger partial charge in [-0.05, 0) is 26.8 Å². The first kappa shape index (κ1) is 17.1. The van der Waals surface area contributed by atoms with Crippen LogP contribution in [0, 0.1) is 5.82 Å². The Balaban J connectivity index is 2.61. The Morgan fingerprint density at radius 3 is 2.71 bits per heavy atom. The molecule has 0 saturated carbocycles. The van der Waals surface area contributed by atoms with Gasteiger partial charge in [-0.3, -0.25) is 0 Å². The molecule has 1 heterocycles. The molecule has 2 unspecified atom stereocenters. The van der Waals surface area contributed by atoms with Crippen LogP contribution in [0.2, 0.25) is 0 Å². The van der Waals surface area contributed by atoms with E-state index in [2.05, 4.69) is 10.3 Å². The molecule has 0 fully saturated rings. The summed E-state index contributed by atoms with van der Waals surface area (Å²) in [5, 5.41) is 22.0. The molecule has 0 saturated heterocycles. The van der Waals surface area contributed by atoms with Gasteiger partial charge in [-0.1, -0.05) is 0 Å². The van der Waals surface area contributed by atoms with E-state index in [9.17, 15) is 19.4 Å². The van der Waals surface area contributed by atoms with Crippen LogP contribution in [0.15, 0.2) is 12.3 Å². The SMILES string of the molecule is CC(C)(C)OC(=O)NCC(O)C(O)c1cc(F)cnc1N. The van der Waals surface area contributed by atoms with Crippen LogP contribution < -0.4 is 11.1 Å². The molecule has 0 aromatic carbocycles. The van der Waals surface area contributed by atoms with Crippen molar-refractivity contribution in [1.29, 1.82) is 0 Å². The highest BCUT2D eigenvalue weighted by Crippen LogP contribution is 2.22. The number of carbonyl (C=O) groups excluding carboxylic acids is 1. The van der Waals surface area contributed by atoms with Gasteiger partial charge in [-0.25, -0.2) is 14.2 Å². The fourth-order valence-corrected chi connectivity index (χ4v) is 1.52. The van der Waals surface area contributed by atoms with E-state index in [1.165, 1.54) is 0 Å². The fourth-order valence-electron chi connectivity index (χ4n) is 1.52. The lowest BCUT2D eigenvalue weighted by atomic mass is 10.1. The second-order valence-electron chi connectivity index (χ2n) is 5.52. The molecule has 1 aromatic heterocycles. The highest BCUT2D eigenvalue weighted by molar-refractivity contribution is 5.67. The molecule has 21 heavy (non-hydrogen) atoms. The number of nitrogens with one attached hydrogen (secondary N) is 1. The first-order valence-electron chi connectivity index (χ1n) is 6.34. The number of ether oxygens (including phenoxy) is 1. The summed E-state index contributed by atoms with van der Waals surface area (Å²) in [6.45, 7) is 4.79. The molecule has 0 aliphatic carbocycles. The molecule has 1 rings (SSSR count). The van der Waals surface area contributed by atoms with Gasteiger partial charge in [0, 0.05) is 12.1 Å². The first-order chi connectivity index (χ1) is 9.60. The summed E-state index contributed by atoms with van der Waals surface area (Å²) in [7, 11) is 0. The zero-order valence-electron chi connectivity index (χ0n) is 12.1. The third-order valence-electron chi connectivity index (χ3n) is 2.45. The Hall–Kier alpha value is -1.93. The average molecular weight is 301 g/mol. The van der Waals surface area contributed by atoms with Gasteiger partial charge in [0.1, 0.15) is 29.4 Å². The molecule has 0 aliphatic rings. The number of nitrogens with two attached hydrogens (primary N) is 1. The van der Waals surface area contributed by atoms with Crippen molar-refractivity contribution in [3.8, 4) is 0 Å². The van der Waals surface area contributed by atoms with Gasteiger partial charge < -0.3 is 26.0 Å². The number of aliphatic hydroxyl groups excluding tert-OH is 2. The summed E-state index contributed by atoms with van der Waals surface area (Å²) in [6.07, 6.45) is -2.71. The number of halogens is 1. The molecule has 0 aliphatic heterocycles. The quantitative estimate of drug-likeness (QED) is 0.651. The van der Waals surface area contributed by atoms with E-state index < -0.39 is 29.7 Å². The van der Waals surface area contributed by atoms with E-state index in [1.807, 2.05) is 0 Å². The maximum atomic E-state index is 13.1. The van der Waals surface area contributed by atoms with E-state index in [1.54, 1.807) is 20.8 Å². The van der Waals surface area contributed by atoms with Gasteiger partial charge in [-0.15, -0.1) is 0 Å². The summed E-state index contributed by atoms with van der Waals surface area (Å²) in [5.74, 6) is -0.786. The molecular formula is C13H20FN3O4. The predicted octanol–water partition coefficient (Wildman–Crippen LogP) is 0.722. The van der Waals surface area contributed by atoms with E-state index >= 15 is 0 Å². The minimum Gasteiger partial charge on any atom is -0.444 e.